The number of rotatable bonds is 3. The van der Waals surface area contributed by atoms with E-state index < -0.39 is 6.10 Å². The van der Waals surface area contributed by atoms with Gasteiger partial charge in [-0.3, -0.25) is 5.10 Å². The van der Waals surface area contributed by atoms with Gasteiger partial charge >= 0.3 is 0 Å². The molecule has 0 saturated carbocycles. The Kier molecular flexibility index (Phi) is 2.55. The second kappa shape index (κ2) is 4.02. The van der Waals surface area contributed by atoms with Crippen molar-refractivity contribution in [3.05, 3.63) is 47.8 Å². The van der Waals surface area contributed by atoms with Crippen LogP contribution >= 0.6 is 0 Å². The van der Waals surface area contributed by atoms with Crippen molar-refractivity contribution in [2.45, 2.75) is 12.5 Å². The lowest BCUT2D eigenvalue weighted by Crippen LogP contribution is -2.00. The van der Waals surface area contributed by atoms with Crippen molar-refractivity contribution >= 4 is 0 Å². The Morgan fingerprint density at radius 2 is 2.07 bits per heavy atom. The zero-order valence-electron chi connectivity index (χ0n) is 7.55. The van der Waals surface area contributed by atoms with E-state index in [1.165, 1.54) is 0 Å². The van der Waals surface area contributed by atoms with Crippen molar-refractivity contribution < 1.29 is 5.11 Å². The highest BCUT2D eigenvalue weighted by Gasteiger charge is 2.12. The van der Waals surface area contributed by atoms with E-state index in [1.807, 2.05) is 30.3 Å². The lowest BCUT2D eigenvalue weighted by molar-refractivity contribution is 0.0856. The minimum absolute atomic E-state index is 0.452. The summed E-state index contributed by atoms with van der Waals surface area (Å²) in [6.45, 7) is 0. The molecule has 1 aromatic heterocycles. The summed E-state index contributed by atoms with van der Waals surface area (Å²) in [4.78, 5) is 0. The highest BCUT2D eigenvalue weighted by molar-refractivity contribution is 5.17. The molecule has 0 amide bonds. The molecule has 0 aliphatic carbocycles. The molecule has 1 N–H and O–H groups in total. The normalized spacial score (nSPS) is 12.6. The van der Waals surface area contributed by atoms with Gasteiger partial charge in [-0.05, 0) is 5.56 Å². The summed E-state index contributed by atoms with van der Waals surface area (Å²) < 4.78 is 0. The molecular formula is C10H10N3O. The maximum atomic E-state index is 11.6. The molecule has 1 unspecified atom stereocenters. The zero-order chi connectivity index (χ0) is 9.80. The molecule has 1 radical (unpaired) electrons. The van der Waals surface area contributed by atoms with Crippen molar-refractivity contribution in [3.8, 4) is 0 Å². The lowest BCUT2D eigenvalue weighted by Gasteiger charge is -2.03. The van der Waals surface area contributed by atoms with Crippen LogP contribution in [0.5, 0.6) is 0 Å². The molecule has 4 heteroatoms. The van der Waals surface area contributed by atoms with E-state index in [1.54, 1.807) is 6.20 Å². The Morgan fingerprint density at radius 1 is 1.29 bits per heavy atom. The molecule has 2 rings (SSSR count). The summed E-state index contributed by atoms with van der Waals surface area (Å²) in [7, 11) is 0. The van der Waals surface area contributed by atoms with Gasteiger partial charge in [0.05, 0.1) is 0 Å². The monoisotopic (exact) mass is 188 g/mol. The lowest BCUT2D eigenvalue weighted by atomic mass is 10.1. The summed E-state index contributed by atoms with van der Waals surface area (Å²) in [6, 6.07) is 9.64. The van der Waals surface area contributed by atoms with E-state index in [-0.39, 0.29) is 0 Å². The van der Waals surface area contributed by atoms with Crippen LogP contribution in [0.15, 0.2) is 36.5 Å². The van der Waals surface area contributed by atoms with Gasteiger partial charge in [-0.15, -0.1) is 5.10 Å². The van der Waals surface area contributed by atoms with Gasteiger partial charge in [0.15, 0.2) is 0 Å². The van der Waals surface area contributed by atoms with Gasteiger partial charge in [-0.1, -0.05) is 35.5 Å². The van der Waals surface area contributed by atoms with Gasteiger partial charge in [0.1, 0.15) is 11.8 Å². The number of hydrogen-bond acceptors (Lipinski definition) is 2. The maximum Gasteiger partial charge on any atom is 0.142 e. The molecule has 71 valence electrons. The number of nitrogens with one attached hydrogen (secondary N) is 1. The van der Waals surface area contributed by atoms with Crippen LogP contribution in [0.3, 0.4) is 0 Å². The number of H-pyrrole nitrogens is 1. The molecular weight excluding hydrogens is 178 g/mol. The number of nitrogens with zero attached hydrogens (tertiary/aromatic N) is 2. The first-order valence-corrected chi connectivity index (χ1v) is 4.42. The van der Waals surface area contributed by atoms with Gasteiger partial charge in [-0.2, -0.15) is 0 Å². The number of benzene rings is 1. The third-order valence-electron chi connectivity index (χ3n) is 2.03. The quantitative estimate of drug-likeness (QED) is 0.793. The number of aromatic amines is 1. The van der Waals surface area contributed by atoms with E-state index in [0.29, 0.717) is 12.1 Å². The Hall–Kier alpha value is -1.68. The highest BCUT2D eigenvalue weighted by Crippen LogP contribution is 2.15. The predicted molar refractivity (Wildman–Crippen MR) is 50.0 cm³/mol. The molecule has 0 saturated heterocycles. The average Bonchev–Trinajstić information content (AvgIpc) is 2.72. The SMILES string of the molecule is [O]C(Cc1ccccc1)c1c[nH]nn1. The fourth-order valence-electron chi connectivity index (χ4n) is 1.30. The molecule has 2 aromatic rings. The van der Waals surface area contributed by atoms with Crippen molar-refractivity contribution in [3.63, 3.8) is 0 Å². The molecule has 0 bridgehead atoms. The molecule has 1 atom stereocenters. The van der Waals surface area contributed by atoms with Crippen LogP contribution in [0.1, 0.15) is 17.4 Å². The minimum atomic E-state index is -0.837. The molecule has 0 fully saturated rings. The molecule has 14 heavy (non-hydrogen) atoms. The first-order valence-electron chi connectivity index (χ1n) is 4.42. The van der Waals surface area contributed by atoms with Crippen molar-refractivity contribution in [1.29, 1.82) is 0 Å². The van der Waals surface area contributed by atoms with Crippen molar-refractivity contribution in [1.82, 2.24) is 15.4 Å². The fraction of sp³-hybridized carbons (Fsp3) is 0.200. The summed E-state index contributed by atoms with van der Waals surface area (Å²) in [5.74, 6) is 0. The Bertz CT molecular complexity index is 372. The van der Waals surface area contributed by atoms with Crippen LogP contribution in [0.2, 0.25) is 0 Å². The second-order valence-electron chi connectivity index (χ2n) is 3.08. The minimum Gasteiger partial charge on any atom is -0.265 e. The van der Waals surface area contributed by atoms with Crippen LogP contribution in [0, 0.1) is 0 Å². The average molecular weight is 188 g/mol. The summed E-state index contributed by atoms with van der Waals surface area (Å²) in [6.07, 6.45) is 1.16. The second-order valence-corrected chi connectivity index (χ2v) is 3.08. The molecule has 0 aliphatic rings. The Balaban J connectivity index is 2.06. The molecule has 1 aromatic carbocycles. The van der Waals surface area contributed by atoms with Gasteiger partial charge in [0.25, 0.3) is 0 Å². The maximum absolute atomic E-state index is 11.6. The van der Waals surface area contributed by atoms with Gasteiger partial charge in [0.2, 0.25) is 0 Å². The molecule has 1 heterocycles. The van der Waals surface area contributed by atoms with E-state index in [9.17, 15) is 5.11 Å². The molecule has 0 aliphatic heterocycles. The third kappa shape index (κ3) is 1.97. The predicted octanol–water partition coefficient (Wildman–Crippen LogP) is 1.52. The first-order chi connectivity index (χ1) is 6.86. The number of aromatic nitrogens is 3. The first kappa shape index (κ1) is 8.90. The van der Waals surface area contributed by atoms with Crippen molar-refractivity contribution in [2.75, 3.05) is 0 Å². The Morgan fingerprint density at radius 3 is 2.71 bits per heavy atom. The van der Waals surface area contributed by atoms with Crippen molar-refractivity contribution in [2.24, 2.45) is 0 Å². The largest absolute Gasteiger partial charge is 0.265 e. The van der Waals surface area contributed by atoms with E-state index in [0.717, 1.165) is 5.56 Å². The topological polar surface area (TPSA) is 61.5 Å². The van der Waals surface area contributed by atoms with Gasteiger partial charge < -0.3 is 0 Å². The highest BCUT2D eigenvalue weighted by atomic mass is 16.3. The van der Waals surface area contributed by atoms with Crippen LogP contribution in [0.25, 0.3) is 0 Å². The smallest absolute Gasteiger partial charge is 0.142 e. The summed E-state index contributed by atoms with van der Waals surface area (Å²) in [5.41, 5.74) is 1.49. The van der Waals surface area contributed by atoms with Gasteiger partial charge in [0, 0.05) is 12.6 Å². The zero-order valence-corrected chi connectivity index (χ0v) is 7.55. The van der Waals surface area contributed by atoms with E-state index in [2.05, 4.69) is 15.4 Å². The standard InChI is InChI=1S/C10H10N3O/c14-10(9-7-11-13-12-9)6-8-4-2-1-3-5-8/h1-5,7,10H,6H2,(H,11,12,13). The van der Waals surface area contributed by atoms with E-state index >= 15 is 0 Å². The van der Waals surface area contributed by atoms with Gasteiger partial charge in [-0.25, -0.2) is 5.11 Å². The molecule has 4 nitrogen and oxygen atoms in total. The van der Waals surface area contributed by atoms with Crippen LogP contribution in [-0.4, -0.2) is 15.4 Å². The number of hydrogen-bond donors (Lipinski definition) is 1. The Labute approximate surface area is 81.6 Å². The van der Waals surface area contributed by atoms with Crippen LogP contribution in [0.4, 0.5) is 0 Å². The fourth-order valence-corrected chi connectivity index (χ4v) is 1.30. The van der Waals surface area contributed by atoms with E-state index in [4.69, 9.17) is 0 Å². The van der Waals surface area contributed by atoms with Crippen LogP contribution in [-0.2, 0) is 11.5 Å². The molecule has 0 spiro atoms. The summed E-state index contributed by atoms with van der Waals surface area (Å²) in [5, 5.41) is 21.4. The van der Waals surface area contributed by atoms with Crippen LogP contribution < -0.4 is 0 Å². The summed E-state index contributed by atoms with van der Waals surface area (Å²) >= 11 is 0. The third-order valence-corrected chi connectivity index (χ3v) is 2.03.